The van der Waals surface area contributed by atoms with E-state index in [0.29, 0.717) is 6.61 Å². The zero-order valence-corrected chi connectivity index (χ0v) is 10.7. The van der Waals surface area contributed by atoms with Crippen LogP contribution in [0.1, 0.15) is 11.1 Å². The minimum Gasteiger partial charge on any atom is -0.492 e. The maximum Gasteiger partial charge on any atom is 0.119 e. The number of rotatable bonds is 5. The molecule has 1 unspecified atom stereocenters. The van der Waals surface area contributed by atoms with E-state index in [1.165, 1.54) is 11.1 Å². The van der Waals surface area contributed by atoms with Gasteiger partial charge in [0.2, 0.25) is 0 Å². The molecule has 0 amide bonds. The van der Waals surface area contributed by atoms with Gasteiger partial charge in [0, 0.05) is 6.04 Å². The molecule has 0 saturated carbocycles. The van der Waals surface area contributed by atoms with Gasteiger partial charge in [-0.2, -0.15) is 0 Å². The average molecular weight is 241 g/mol. The molecule has 0 saturated heterocycles. The van der Waals surface area contributed by atoms with Gasteiger partial charge in [-0.1, -0.05) is 48.0 Å². The molecule has 2 aromatic rings. The summed E-state index contributed by atoms with van der Waals surface area (Å²) in [5, 5.41) is 0. The van der Waals surface area contributed by atoms with E-state index in [0.717, 1.165) is 12.2 Å². The van der Waals surface area contributed by atoms with Crippen molar-refractivity contribution in [2.24, 2.45) is 5.73 Å². The molecule has 0 fully saturated rings. The lowest BCUT2D eigenvalue weighted by atomic mass is 10.1. The van der Waals surface area contributed by atoms with E-state index in [2.05, 4.69) is 31.2 Å². The Morgan fingerprint density at radius 2 is 1.83 bits per heavy atom. The van der Waals surface area contributed by atoms with Gasteiger partial charge < -0.3 is 10.5 Å². The number of hydrogen-bond acceptors (Lipinski definition) is 2. The summed E-state index contributed by atoms with van der Waals surface area (Å²) in [7, 11) is 0. The lowest BCUT2D eigenvalue weighted by molar-refractivity contribution is 0.287. The zero-order chi connectivity index (χ0) is 12.8. The Morgan fingerprint density at radius 1 is 1.06 bits per heavy atom. The van der Waals surface area contributed by atoms with Crippen LogP contribution in [0, 0.1) is 6.92 Å². The first-order chi connectivity index (χ1) is 8.74. The molecule has 0 bridgehead atoms. The van der Waals surface area contributed by atoms with E-state index >= 15 is 0 Å². The fourth-order valence-electron chi connectivity index (χ4n) is 1.92. The molecule has 2 rings (SSSR count). The quantitative estimate of drug-likeness (QED) is 0.873. The predicted molar refractivity (Wildman–Crippen MR) is 74.8 cm³/mol. The van der Waals surface area contributed by atoms with Crippen molar-refractivity contribution in [3.8, 4) is 5.75 Å². The molecular formula is C16H19NO. The summed E-state index contributed by atoms with van der Waals surface area (Å²) in [5.74, 6) is 0.872. The zero-order valence-electron chi connectivity index (χ0n) is 10.7. The minimum absolute atomic E-state index is 0.0204. The fourth-order valence-corrected chi connectivity index (χ4v) is 1.92. The number of aryl methyl sites for hydroxylation is 1. The van der Waals surface area contributed by atoms with E-state index in [-0.39, 0.29) is 6.04 Å². The molecule has 0 aromatic heterocycles. The van der Waals surface area contributed by atoms with Crippen LogP contribution >= 0.6 is 0 Å². The summed E-state index contributed by atoms with van der Waals surface area (Å²) in [4.78, 5) is 0. The molecule has 0 radical (unpaired) electrons. The van der Waals surface area contributed by atoms with Crippen molar-refractivity contribution in [3.63, 3.8) is 0 Å². The Hall–Kier alpha value is -1.80. The number of hydrogen-bond donors (Lipinski definition) is 1. The van der Waals surface area contributed by atoms with Crippen LogP contribution in [0.4, 0.5) is 0 Å². The Bertz CT molecular complexity index is 481. The topological polar surface area (TPSA) is 35.2 Å². The molecule has 0 aliphatic carbocycles. The number of benzene rings is 2. The van der Waals surface area contributed by atoms with Crippen molar-refractivity contribution in [2.45, 2.75) is 19.4 Å². The first-order valence-corrected chi connectivity index (χ1v) is 6.23. The van der Waals surface area contributed by atoms with E-state index in [4.69, 9.17) is 10.5 Å². The van der Waals surface area contributed by atoms with Crippen LogP contribution in [-0.4, -0.2) is 12.6 Å². The summed E-state index contributed by atoms with van der Waals surface area (Å²) in [5.41, 5.74) is 8.61. The van der Waals surface area contributed by atoms with Gasteiger partial charge in [0.15, 0.2) is 0 Å². The fraction of sp³-hybridized carbons (Fsp3) is 0.250. The molecular weight excluding hydrogens is 222 g/mol. The second kappa shape index (κ2) is 6.22. The smallest absolute Gasteiger partial charge is 0.119 e. The average Bonchev–Trinajstić information content (AvgIpc) is 2.38. The predicted octanol–water partition coefficient (Wildman–Crippen LogP) is 2.94. The summed E-state index contributed by atoms with van der Waals surface area (Å²) in [6.07, 6.45) is 0.842. The first-order valence-electron chi connectivity index (χ1n) is 6.23. The second-order valence-electron chi connectivity index (χ2n) is 4.58. The molecule has 1 atom stereocenters. The SMILES string of the molecule is Cc1cccc(CC(N)COc2ccccc2)c1. The van der Waals surface area contributed by atoms with Gasteiger partial charge in [0.05, 0.1) is 0 Å². The van der Waals surface area contributed by atoms with Crippen LogP contribution in [0.2, 0.25) is 0 Å². The van der Waals surface area contributed by atoms with Crippen LogP contribution in [0.25, 0.3) is 0 Å². The van der Waals surface area contributed by atoms with Gasteiger partial charge >= 0.3 is 0 Å². The number of ether oxygens (including phenoxy) is 1. The van der Waals surface area contributed by atoms with Crippen molar-refractivity contribution >= 4 is 0 Å². The summed E-state index contributed by atoms with van der Waals surface area (Å²) in [6.45, 7) is 2.63. The van der Waals surface area contributed by atoms with Crippen LogP contribution in [0.5, 0.6) is 5.75 Å². The Balaban J connectivity index is 1.84. The van der Waals surface area contributed by atoms with Crippen LogP contribution in [-0.2, 0) is 6.42 Å². The van der Waals surface area contributed by atoms with Crippen molar-refractivity contribution in [2.75, 3.05) is 6.61 Å². The maximum absolute atomic E-state index is 6.08. The molecule has 0 aliphatic rings. The highest BCUT2D eigenvalue weighted by molar-refractivity contribution is 5.23. The molecule has 0 aliphatic heterocycles. The van der Waals surface area contributed by atoms with Gasteiger partial charge in [-0.25, -0.2) is 0 Å². The van der Waals surface area contributed by atoms with Crippen molar-refractivity contribution in [3.05, 3.63) is 65.7 Å². The highest BCUT2D eigenvalue weighted by atomic mass is 16.5. The van der Waals surface area contributed by atoms with Gasteiger partial charge in [-0.15, -0.1) is 0 Å². The van der Waals surface area contributed by atoms with Crippen LogP contribution < -0.4 is 10.5 Å². The number of nitrogens with two attached hydrogens (primary N) is 1. The number of para-hydroxylation sites is 1. The summed E-state index contributed by atoms with van der Waals surface area (Å²) < 4.78 is 5.65. The van der Waals surface area contributed by atoms with Gasteiger partial charge in [-0.05, 0) is 31.0 Å². The standard InChI is InChI=1S/C16H19NO/c1-13-6-5-7-14(10-13)11-15(17)12-18-16-8-3-2-4-9-16/h2-10,15H,11-12,17H2,1H3. The van der Waals surface area contributed by atoms with Gasteiger partial charge in [0.1, 0.15) is 12.4 Å². The maximum atomic E-state index is 6.08. The van der Waals surface area contributed by atoms with E-state index < -0.39 is 0 Å². The van der Waals surface area contributed by atoms with Crippen molar-refractivity contribution in [1.82, 2.24) is 0 Å². The monoisotopic (exact) mass is 241 g/mol. The normalized spacial score (nSPS) is 12.1. The third-order valence-corrected chi connectivity index (χ3v) is 2.79. The lowest BCUT2D eigenvalue weighted by Gasteiger charge is -2.13. The molecule has 2 nitrogen and oxygen atoms in total. The van der Waals surface area contributed by atoms with Crippen molar-refractivity contribution < 1.29 is 4.74 Å². The van der Waals surface area contributed by atoms with E-state index in [9.17, 15) is 0 Å². The second-order valence-corrected chi connectivity index (χ2v) is 4.58. The summed E-state index contributed by atoms with van der Waals surface area (Å²) in [6, 6.07) is 18.2. The van der Waals surface area contributed by atoms with Crippen LogP contribution in [0.3, 0.4) is 0 Å². The van der Waals surface area contributed by atoms with E-state index in [1.807, 2.05) is 30.3 Å². The Labute approximate surface area is 108 Å². The minimum atomic E-state index is 0.0204. The molecule has 18 heavy (non-hydrogen) atoms. The summed E-state index contributed by atoms with van der Waals surface area (Å²) >= 11 is 0. The highest BCUT2D eigenvalue weighted by Crippen LogP contribution is 2.10. The molecule has 2 N–H and O–H groups in total. The van der Waals surface area contributed by atoms with Crippen LogP contribution in [0.15, 0.2) is 54.6 Å². The molecule has 2 heteroatoms. The lowest BCUT2D eigenvalue weighted by Crippen LogP contribution is -2.30. The van der Waals surface area contributed by atoms with E-state index in [1.54, 1.807) is 0 Å². The van der Waals surface area contributed by atoms with Crippen molar-refractivity contribution in [1.29, 1.82) is 0 Å². The largest absolute Gasteiger partial charge is 0.492 e. The Kier molecular flexibility index (Phi) is 4.37. The van der Waals surface area contributed by atoms with Gasteiger partial charge in [0.25, 0.3) is 0 Å². The molecule has 0 spiro atoms. The first kappa shape index (κ1) is 12.7. The highest BCUT2D eigenvalue weighted by Gasteiger charge is 2.05. The molecule has 2 aromatic carbocycles. The third kappa shape index (κ3) is 3.90. The molecule has 0 heterocycles. The molecule has 94 valence electrons. The Morgan fingerprint density at radius 3 is 2.56 bits per heavy atom. The van der Waals surface area contributed by atoms with Gasteiger partial charge in [-0.3, -0.25) is 0 Å². The third-order valence-electron chi connectivity index (χ3n) is 2.79.